The Kier molecular flexibility index (Phi) is 5.29. The third-order valence-corrected chi connectivity index (χ3v) is 5.70. The number of pyridine rings is 1. The van der Waals surface area contributed by atoms with Crippen molar-refractivity contribution in [3.63, 3.8) is 0 Å². The summed E-state index contributed by atoms with van der Waals surface area (Å²) in [7, 11) is 0. The first kappa shape index (κ1) is 21.0. The van der Waals surface area contributed by atoms with Gasteiger partial charge in [0.2, 0.25) is 5.78 Å². The first-order valence-electron chi connectivity index (χ1n) is 9.03. The topological polar surface area (TPSA) is 58.8 Å². The molecule has 8 heteroatoms. The molecule has 4 aromatic rings. The molecule has 2 heterocycles. The number of carbonyl (C=O) groups is 2. The van der Waals surface area contributed by atoms with Crippen LogP contribution in [0.3, 0.4) is 0 Å². The van der Waals surface area contributed by atoms with Gasteiger partial charge in [0, 0.05) is 17.3 Å². The summed E-state index contributed by atoms with van der Waals surface area (Å²) in [4.78, 5) is 24.6. The first-order chi connectivity index (χ1) is 14.7. The zero-order valence-electron chi connectivity index (χ0n) is 15.9. The summed E-state index contributed by atoms with van der Waals surface area (Å²) >= 11 is 12.3. The fourth-order valence-corrected chi connectivity index (χ4v) is 4.13. The van der Waals surface area contributed by atoms with Crippen LogP contribution in [0.5, 0.6) is 0 Å². The maximum Gasteiger partial charge on any atom is 0.336 e. The number of rotatable bonds is 4. The van der Waals surface area contributed by atoms with E-state index in [4.69, 9.17) is 23.2 Å². The molecule has 0 aliphatic heterocycles. The first-order valence-corrected chi connectivity index (χ1v) is 9.79. The van der Waals surface area contributed by atoms with Crippen molar-refractivity contribution in [3.8, 4) is 11.1 Å². The van der Waals surface area contributed by atoms with Crippen LogP contribution < -0.4 is 0 Å². The molecule has 1 N–H and O–H groups in total. The minimum absolute atomic E-state index is 0.0267. The molecule has 0 radical (unpaired) electrons. The molecular weight excluding hydrogens is 447 g/mol. The Balaban J connectivity index is 2.01. The molecule has 0 bridgehead atoms. The van der Waals surface area contributed by atoms with Crippen molar-refractivity contribution >= 4 is 40.5 Å². The minimum atomic E-state index is -1.28. The molecule has 0 atom stereocenters. The van der Waals surface area contributed by atoms with Crippen LogP contribution in [0, 0.1) is 18.6 Å². The maximum atomic E-state index is 15.1. The van der Waals surface area contributed by atoms with E-state index in [9.17, 15) is 19.1 Å². The molecule has 0 aliphatic carbocycles. The molecule has 0 saturated heterocycles. The molecule has 2 aromatic heterocycles. The van der Waals surface area contributed by atoms with E-state index in [2.05, 4.69) is 0 Å². The molecule has 0 spiro atoms. The van der Waals surface area contributed by atoms with E-state index in [0.717, 1.165) is 0 Å². The molecule has 156 valence electrons. The Morgan fingerprint density at radius 3 is 2.29 bits per heavy atom. The number of aromatic carboxylic acids is 1. The molecule has 31 heavy (non-hydrogen) atoms. The highest BCUT2D eigenvalue weighted by Gasteiger charge is 2.25. The standard InChI is InChI=1S/C23H13Cl2F2NO3/c1-11-12(23(30)31)7-8-13(20(11)27)14-10-18(28-9-3-6-17(26)21(14)28)22(29)19-15(24)4-2-5-16(19)25/h2-10H,1H3,(H,30,31). The summed E-state index contributed by atoms with van der Waals surface area (Å²) < 4.78 is 31.2. The van der Waals surface area contributed by atoms with Crippen molar-refractivity contribution in [1.82, 2.24) is 4.40 Å². The van der Waals surface area contributed by atoms with Crippen LogP contribution in [0.2, 0.25) is 10.0 Å². The van der Waals surface area contributed by atoms with Crippen LogP contribution in [0.1, 0.15) is 32.0 Å². The Hall–Kier alpha value is -3.22. The molecular formula is C23H13Cl2F2NO3. The van der Waals surface area contributed by atoms with Gasteiger partial charge < -0.3 is 9.51 Å². The monoisotopic (exact) mass is 459 g/mol. The van der Waals surface area contributed by atoms with E-state index in [1.165, 1.54) is 60.0 Å². The van der Waals surface area contributed by atoms with Crippen molar-refractivity contribution in [2.45, 2.75) is 6.92 Å². The Morgan fingerprint density at radius 1 is 0.968 bits per heavy atom. The summed E-state index contributed by atoms with van der Waals surface area (Å²) in [5.41, 5.74) is -0.197. The number of aromatic nitrogens is 1. The van der Waals surface area contributed by atoms with E-state index >= 15 is 4.39 Å². The highest BCUT2D eigenvalue weighted by Crippen LogP contribution is 2.36. The van der Waals surface area contributed by atoms with Gasteiger partial charge in [0.15, 0.2) is 0 Å². The molecule has 2 aromatic carbocycles. The van der Waals surface area contributed by atoms with Gasteiger partial charge in [-0.1, -0.05) is 35.3 Å². The van der Waals surface area contributed by atoms with Crippen LogP contribution >= 0.6 is 23.2 Å². The Bertz CT molecular complexity index is 1380. The van der Waals surface area contributed by atoms with E-state index in [1.807, 2.05) is 0 Å². The van der Waals surface area contributed by atoms with Gasteiger partial charge in [0.25, 0.3) is 0 Å². The highest BCUT2D eigenvalue weighted by molar-refractivity contribution is 6.41. The highest BCUT2D eigenvalue weighted by atomic mass is 35.5. The van der Waals surface area contributed by atoms with Gasteiger partial charge in [-0.05, 0) is 48.9 Å². The lowest BCUT2D eigenvalue weighted by Gasteiger charge is -2.08. The number of halogens is 4. The fraction of sp³-hybridized carbons (Fsp3) is 0.0435. The van der Waals surface area contributed by atoms with Gasteiger partial charge in [-0.3, -0.25) is 4.79 Å². The zero-order chi connectivity index (χ0) is 22.4. The Labute approximate surface area is 185 Å². The maximum absolute atomic E-state index is 15.1. The predicted octanol–water partition coefficient (Wildman–Crippen LogP) is 6.43. The van der Waals surface area contributed by atoms with Gasteiger partial charge in [-0.15, -0.1) is 0 Å². The van der Waals surface area contributed by atoms with Crippen LogP contribution in [-0.4, -0.2) is 21.3 Å². The normalized spacial score (nSPS) is 11.1. The van der Waals surface area contributed by atoms with Crippen LogP contribution in [0.25, 0.3) is 16.6 Å². The smallest absolute Gasteiger partial charge is 0.336 e. The molecule has 0 amide bonds. The van der Waals surface area contributed by atoms with Crippen LogP contribution in [-0.2, 0) is 0 Å². The van der Waals surface area contributed by atoms with Crippen LogP contribution in [0.15, 0.2) is 54.7 Å². The zero-order valence-corrected chi connectivity index (χ0v) is 17.4. The summed E-state index contributed by atoms with van der Waals surface area (Å²) in [6.45, 7) is 1.33. The number of carboxylic acids is 1. The average Bonchev–Trinajstić information content (AvgIpc) is 3.10. The van der Waals surface area contributed by atoms with Crippen molar-refractivity contribution in [2.24, 2.45) is 0 Å². The second-order valence-electron chi connectivity index (χ2n) is 6.85. The number of hydrogen-bond acceptors (Lipinski definition) is 2. The molecule has 4 rings (SSSR count). The number of nitrogens with zero attached hydrogens (tertiary/aromatic N) is 1. The number of fused-ring (bicyclic) bond motifs is 1. The third kappa shape index (κ3) is 3.38. The van der Waals surface area contributed by atoms with Crippen molar-refractivity contribution < 1.29 is 23.5 Å². The second kappa shape index (κ2) is 7.80. The lowest BCUT2D eigenvalue weighted by atomic mass is 9.98. The minimum Gasteiger partial charge on any atom is -0.478 e. The number of hydrogen-bond donors (Lipinski definition) is 1. The number of carboxylic acid groups (broad SMARTS) is 1. The molecule has 4 nitrogen and oxygen atoms in total. The van der Waals surface area contributed by atoms with Crippen molar-refractivity contribution in [1.29, 1.82) is 0 Å². The van der Waals surface area contributed by atoms with Crippen molar-refractivity contribution in [3.05, 3.63) is 98.8 Å². The quantitative estimate of drug-likeness (QED) is 0.357. The summed E-state index contributed by atoms with van der Waals surface area (Å²) in [5, 5.41) is 9.47. The third-order valence-electron chi connectivity index (χ3n) is 5.07. The average molecular weight is 460 g/mol. The lowest BCUT2D eigenvalue weighted by Crippen LogP contribution is -2.07. The number of carbonyl (C=O) groups excluding carboxylic acids is 1. The fourth-order valence-electron chi connectivity index (χ4n) is 3.56. The summed E-state index contributed by atoms with van der Waals surface area (Å²) in [5.74, 6) is -3.34. The molecule has 0 saturated carbocycles. The predicted molar refractivity (Wildman–Crippen MR) is 114 cm³/mol. The van der Waals surface area contributed by atoms with E-state index in [-0.39, 0.29) is 49.1 Å². The lowest BCUT2D eigenvalue weighted by molar-refractivity contribution is 0.0695. The Morgan fingerprint density at radius 2 is 1.65 bits per heavy atom. The van der Waals surface area contributed by atoms with Crippen LogP contribution in [0.4, 0.5) is 8.78 Å². The molecule has 0 aliphatic rings. The second-order valence-corrected chi connectivity index (χ2v) is 7.66. The van der Waals surface area contributed by atoms with Crippen molar-refractivity contribution in [2.75, 3.05) is 0 Å². The molecule has 0 fully saturated rings. The van der Waals surface area contributed by atoms with Gasteiger partial charge in [0.05, 0.1) is 32.4 Å². The summed E-state index contributed by atoms with van der Waals surface area (Å²) in [6, 6.07) is 11.0. The van der Waals surface area contributed by atoms with E-state index in [1.54, 1.807) is 6.07 Å². The van der Waals surface area contributed by atoms with Gasteiger partial charge >= 0.3 is 5.97 Å². The van der Waals surface area contributed by atoms with Gasteiger partial charge in [0.1, 0.15) is 11.6 Å². The molecule has 0 unspecified atom stereocenters. The summed E-state index contributed by atoms with van der Waals surface area (Å²) in [6.07, 6.45) is 1.47. The SMILES string of the molecule is Cc1c(C(=O)O)ccc(-c2cc(C(=O)c3c(Cl)cccc3Cl)n3cccc(F)c23)c1F. The van der Waals surface area contributed by atoms with Gasteiger partial charge in [-0.25, -0.2) is 13.6 Å². The van der Waals surface area contributed by atoms with E-state index in [0.29, 0.717) is 0 Å². The largest absolute Gasteiger partial charge is 0.478 e. The number of ketones is 1. The van der Waals surface area contributed by atoms with E-state index < -0.39 is 23.4 Å². The van der Waals surface area contributed by atoms with Gasteiger partial charge in [-0.2, -0.15) is 0 Å². The number of benzene rings is 2.